The minimum absolute atomic E-state index is 0.252. The Morgan fingerprint density at radius 3 is 2.71 bits per heavy atom. The van der Waals surface area contributed by atoms with Crippen molar-refractivity contribution in [3.63, 3.8) is 0 Å². The molecule has 0 saturated carbocycles. The second kappa shape index (κ2) is 5.19. The topological polar surface area (TPSA) is 36.4 Å². The van der Waals surface area contributed by atoms with E-state index in [1.165, 1.54) is 0 Å². The van der Waals surface area contributed by atoms with Gasteiger partial charge in [-0.25, -0.2) is 4.98 Å². The van der Waals surface area contributed by atoms with E-state index in [2.05, 4.69) is 4.98 Å². The van der Waals surface area contributed by atoms with Crippen LogP contribution >= 0.6 is 34.8 Å². The van der Waals surface area contributed by atoms with Crippen molar-refractivity contribution in [3.8, 4) is 0 Å². The van der Waals surface area contributed by atoms with Crippen molar-refractivity contribution in [2.75, 3.05) is 18.0 Å². The highest BCUT2D eigenvalue weighted by Gasteiger charge is 2.28. The summed E-state index contributed by atoms with van der Waals surface area (Å²) in [7, 11) is 0. The maximum atomic E-state index is 9.56. The van der Waals surface area contributed by atoms with Gasteiger partial charge in [0, 0.05) is 19.0 Å². The largest absolute Gasteiger partial charge is 0.393 e. The Hall–Kier alpha value is -0.220. The van der Waals surface area contributed by atoms with Crippen molar-refractivity contribution < 1.29 is 5.11 Å². The number of aromatic nitrogens is 1. The van der Waals surface area contributed by atoms with Gasteiger partial charge in [0.2, 0.25) is 0 Å². The van der Waals surface area contributed by atoms with E-state index in [9.17, 15) is 5.11 Å². The highest BCUT2D eigenvalue weighted by molar-refractivity contribution is 6.42. The molecule has 2 heterocycles. The quantitative estimate of drug-likeness (QED) is 0.851. The first-order valence-electron chi connectivity index (χ1n) is 5.43. The van der Waals surface area contributed by atoms with E-state index < -0.39 is 0 Å². The molecule has 0 aliphatic carbocycles. The first-order chi connectivity index (χ1) is 7.99. The fraction of sp³-hybridized carbons (Fsp3) is 0.545. The molecule has 0 spiro atoms. The molecular weight excluding hydrogens is 282 g/mol. The van der Waals surface area contributed by atoms with Gasteiger partial charge in [0.15, 0.2) is 0 Å². The standard InChI is InChI=1S/C11H13Cl3N2O/c1-6(17)7-2-3-16(5-7)11-9(13)4-8(12)10(14)15-11/h4,6-7,17H,2-3,5H2,1H3. The average molecular weight is 296 g/mol. The van der Waals surface area contributed by atoms with Crippen LogP contribution < -0.4 is 4.90 Å². The fourth-order valence-electron chi connectivity index (χ4n) is 2.03. The van der Waals surface area contributed by atoms with Gasteiger partial charge in [0.05, 0.1) is 16.1 Å². The molecule has 1 aliphatic rings. The first kappa shape index (κ1) is 13.2. The summed E-state index contributed by atoms with van der Waals surface area (Å²) in [5.74, 6) is 0.895. The predicted octanol–water partition coefficient (Wildman–Crippen LogP) is 3.25. The summed E-state index contributed by atoms with van der Waals surface area (Å²) in [5, 5.41) is 10.7. The first-order valence-corrected chi connectivity index (χ1v) is 6.57. The van der Waals surface area contributed by atoms with Gasteiger partial charge in [-0.2, -0.15) is 0 Å². The molecule has 1 N–H and O–H groups in total. The predicted molar refractivity (Wildman–Crippen MR) is 71.3 cm³/mol. The Kier molecular flexibility index (Phi) is 4.03. The number of rotatable bonds is 2. The molecule has 1 aromatic heterocycles. The van der Waals surface area contributed by atoms with Crippen LogP contribution in [0.4, 0.5) is 5.82 Å². The van der Waals surface area contributed by atoms with E-state index in [0.717, 1.165) is 19.5 Å². The number of hydrogen-bond donors (Lipinski definition) is 1. The van der Waals surface area contributed by atoms with Crippen LogP contribution in [-0.2, 0) is 0 Å². The lowest BCUT2D eigenvalue weighted by Gasteiger charge is -2.20. The van der Waals surface area contributed by atoms with E-state index >= 15 is 0 Å². The van der Waals surface area contributed by atoms with Gasteiger partial charge in [-0.15, -0.1) is 0 Å². The van der Waals surface area contributed by atoms with Gasteiger partial charge in [-0.1, -0.05) is 34.8 Å². The minimum Gasteiger partial charge on any atom is -0.393 e. The van der Waals surface area contributed by atoms with Gasteiger partial charge in [0.25, 0.3) is 0 Å². The molecule has 2 rings (SSSR count). The van der Waals surface area contributed by atoms with Gasteiger partial charge >= 0.3 is 0 Å². The molecule has 17 heavy (non-hydrogen) atoms. The fourth-order valence-corrected chi connectivity index (χ4v) is 2.64. The summed E-state index contributed by atoms with van der Waals surface area (Å²) in [6.07, 6.45) is 0.608. The molecular formula is C11H13Cl3N2O. The highest BCUT2D eigenvalue weighted by Crippen LogP contribution is 2.34. The summed E-state index contributed by atoms with van der Waals surface area (Å²) < 4.78 is 0. The Labute approximate surface area is 115 Å². The van der Waals surface area contributed by atoms with Crippen molar-refractivity contribution >= 4 is 40.6 Å². The normalized spacial score (nSPS) is 21.9. The second-order valence-corrected chi connectivity index (χ2v) is 5.47. The minimum atomic E-state index is -0.318. The zero-order chi connectivity index (χ0) is 12.6. The van der Waals surface area contributed by atoms with E-state index in [1.807, 2.05) is 4.90 Å². The van der Waals surface area contributed by atoms with Crippen molar-refractivity contribution in [2.45, 2.75) is 19.4 Å². The molecule has 0 aromatic carbocycles. The van der Waals surface area contributed by atoms with Crippen molar-refractivity contribution in [1.29, 1.82) is 0 Å². The molecule has 1 fully saturated rings. The Balaban J connectivity index is 2.22. The number of hydrogen-bond acceptors (Lipinski definition) is 3. The molecule has 0 amide bonds. The van der Waals surface area contributed by atoms with Crippen LogP contribution in [0.1, 0.15) is 13.3 Å². The van der Waals surface area contributed by atoms with Gasteiger partial charge in [0.1, 0.15) is 11.0 Å². The van der Waals surface area contributed by atoms with Crippen LogP contribution in [0.15, 0.2) is 6.07 Å². The average Bonchev–Trinajstić information content (AvgIpc) is 2.72. The second-order valence-electron chi connectivity index (χ2n) is 4.30. The molecule has 3 nitrogen and oxygen atoms in total. The summed E-state index contributed by atoms with van der Waals surface area (Å²) >= 11 is 17.8. The third-order valence-corrected chi connectivity index (χ3v) is 4.03. The molecule has 94 valence electrons. The summed E-state index contributed by atoms with van der Waals surface area (Å²) in [4.78, 5) is 6.22. The maximum Gasteiger partial charge on any atom is 0.150 e. The van der Waals surface area contributed by atoms with Crippen LogP contribution in [0.25, 0.3) is 0 Å². The number of halogens is 3. The SMILES string of the molecule is CC(O)C1CCN(c2nc(Cl)c(Cl)cc2Cl)C1. The molecule has 2 unspecified atom stereocenters. The number of pyridine rings is 1. The van der Waals surface area contributed by atoms with Crippen molar-refractivity contribution in [3.05, 3.63) is 21.3 Å². The van der Waals surface area contributed by atoms with Crippen LogP contribution in [0.2, 0.25) is 15.2 Å². The number of aliphatic hydroxyl groups excluding tert-OH is 1. The lowest BCUT2D eigenvalue weighted by Crippen LogP contribution is -2.24. The zero-order valence-corrected chi connectivity index (χ0v) is 11.6. The summed E-state index contributed by atoms with van der Waals surface area (Å²) in [5.41, 5.74) is 0. The zero-order valence-electron chi connectivity index (χ0n) is 9.33. The Bertz CT molecular complexity index is 425. The summed E-state index contributed by atoms with van der Waals surface area (Å²) in [6, 6.07) is 1.60. The molecule has 1 aliphatic heterocycles. The maximum absolute atomic E-state index is 9.56. The number of nitrogens with zero attached hydrogens (tertiary/aromatic N) is 2. The van der Waals surface area contributed by atoms with Crippen LogP contribution in [0.5, 0.6) is 0 Å². The third-order valence-electron chi connectivity index (χ3n) is 3.07. The van der Waals surface area contributed by atoms with Crippen LogP contribution in [-0.4, -0.2) is 29.3 Å². The molecule has 6 heteroatoms. The van der Waals surface area contributed by atoms with E-state index in [1.54, 1.807) is 13.0 Å². The third kappa shape index (κ3) is 2.79. The van der Waals surface area contributed by atoms with Gasteiger partial charge in [-0.3, -0.25) is 0 Å². The highest BCUT2D eigenvalue weighted by atomic mass is 35.5. The Morgan fingerprint density at radius 2 is 2.12 bits per heavy atom. The molecule has 1 aromatic rings. The van der Waals surface area contributed by atoms with Crippen molar-refractivity contribution in [1.82, 2.24) is 4.98 Å². The lowest BCUT2D eigenvalue weighted by atomic mass is 10.0. The smallest absolute Gasteiger partial charge is 0.150 e. The molecule has 1 saturated heterocycles. The monoisotopic (exact) mass is 294 g/mol. The number of anilines is 1. The summed E-state index contributed by atoms with van der Waals surface area (Å²) in [6.45, 7) is 3.36. The van der Waals surface area contributed by atoms with Crippen LogP contribution in [0, 0.1) is 5.92 Å². The van der Waals surface area contributed by atoms with E-state index in [4.69, 9.17) is 34.8 Å². The molecule has 0 radical (unpaired) electrons. The van der Waals surface area contributed by atoms with Gasteiger partial charge < -0.3 is 10.0 Å². The molecule has 0 bridgehead atoms. The van der Waals surface area contributed by atoms with E-state index in [-0.39, 0.29) is 17.2 Å². The number of aliphatic hydroxyl groups is 1. The van der Waals surface area contributed by atoms with Crippen molar-refractivity contribution in [2.24, 2.45) is 5.92 Å². The Morgan fingerprint density at radius 1 is 1.41 bits per heavy atom. The lowest BCUT2D eigenvalue weighted by molar-refractivity contribution is 0.136. The van der Waals surface area contributed by atoms with Gasteiger partial charge in [-0.05, 0) is 19.4 Å². The molecule has 2 atom stereocenters. The van der Waals surface area contributed by atoms with E-state index in [0.29, 0.717) is 15.9 Å². The van der Waals surface area contributed by atoms with Crippen LogP contribution in [0.3, 0.4) is 0 Å².